The molecule has 1 aromatic carbocycles. The van der Waals surface area contributed by atoms with Gasteiger partial charge < -0.3 is 9.84 Å². The number of fused-ring (bicyclic) bond motifs is 1. The number of methoxy groups -OCH3 is 1. The summed E-state index contributed by atoms with van der Waals surface area (Å²) >= 11 is 0. The smallest absolute Gasteiger partial charge is 0.346 e. The van der Waals surface area contributed by atoms with Crippen molar-refractivity contribution in [1.82, 2.24) is 0 Å². The zero-order valence-electron chi connectivity index (χ0n) is 9.00. The number of aryl methyl sites for hydroxylation is 1. The van der Waals surface area contributed by atoms with Crippen LogP contribution >= 0.6 is 0 Å². The lowest BCUT2D eigenvalue weighted by atomic mass is 9.80. The van der Waals surface area contributed by atoms with Gasteiger partial charge in [0.15, 0.2) is 0 Å². The number of alkyl halides is 1. The van der Waals surface area contributed by atoms with E-state index in [9.17, 15) is 9.18 Å². The van der Waals surface area contributed by atoms with Gasteiger partial charge >= 0.3 is 5.97 Å². The lowest BCUT2D eigenvalue weighted by Crippen LogP contribution is -2.35. The molecule has 0 heterocycles. The van der Waals surface area contributed by atoms with Crippen LogP contribution in [0.1, 0.15) is 24.0 Å². The molecule has 0 saturated heterocycles. The lowest BCUT2D eigenvalue weighted by molar-refractivity contribution is -0.152. The lowest BCUT2D eigenvalue weighted by Gasteiger charge is -2.29. The molecule has 16 heavy (non-hydrogen) atoms. The molecule has 0 amide bonds. The van der Waals surface area contributed by atoms with Crippen molar-refractivity contribution in [2.75, 3.05) is 7.11 Å². The first-order valence-electron chi connectivity index (χ1n) is 5.18. The molecule has 1 aliphatic carbocycles. The highest BCUT2D eigenvalue weighted by Crippen LogP contribution is 2.43. The molecule has 0 bridgehead atoms. The minimum absolute atomic E-state index is 0.00963. The van der Waals surface area contributed by atoms with E-state index >= 15 is 0 Å². The summed E-state index contributed by atoms with van der Waals surface area (Å²) in [6.07, 6.45) is 1.25. The van der Waals surface area contributed by atoms with Crippen molar-refractivity contribution in [1.29, 1.82) is 0 Å². The van der Waals surface area contributed by atoms with Crippen molar-refractivity contribution in [3.63, 3.8) is 0 Å². The number of rotatable bonds is 2. The van der Waals surface area contributed by atoms with E-state index in [2.05, 4.69) is 0 Å². The monoisotopic (exact) mass is 224 g/mol. The van der Waals surface area contributed by atoms with Gasteiger partial charge in [-0.05, 0) is 30.9 Å². The maximum absolute atomic E-state index is 14.5. The third-order valence-corrected chi connectivity index (χ3v) is 3.04. The van der Waals surface area contributed by atoms with Gasteiger partial charge in [-0.1, -0.05) is 12.1 Å². The van der Waals surface area contributed by atoms with Crippen LogP contribution in [0, 0.1) is 0 Å². The first kappa shape index (κ1) is 10.9. The van der Waals surface area contributed by atoms with E-state index in [1.807, 2.05) is 0 Å². The van der Waals surface area contributed by atoms with Gasteiger partial charge in [0.1, 0.15) is 5.75 Å². The van der Waals surface area contributed by atoms with Crippen LogP contribution < -0.4 is 4.74 Å². The average Bonchev–Trinajstić information content (AvgIpc) is 2.28. The number of halogens is 1. The fourth-order valence-electron chi connectivity index (χ4n) is 2.27. The van der Waals surface area contributed by atoms with Crippen LogP contribution in [0.3, 0.4) is 0 Å². The van der Waals surface area contributed by atoms with E-state index in [4.69, 9.17) is 9.84 Å². The Balaban J connectivity index is 2.64. The minimum atomic E-state index is -2.31. The molecule has 0 aliphatic heterocycles. The van der Waals surface area contributed by atoms with Crippen LogP contribution in [0.2, 0.25) is 0 Å². The Kier molecular flexibility index (Phi) is 2.58. The Morgan fingerprint density at radius 3 is 2.94 bits per heavy atom. The number of carboxylic acids is 1. The molecule has 0 spiro atoms. The average molecular weight is 224 g/mol. The second-order valence-corrected chi connectivity index (χ2v) is 3.95. The van der Waals surface area contributed by atoms with Crippen LogP contribution in [-0.4, -0.2) is 18.2 Å². The standard InChI is InChI=1S/C12H13FO3/c1-16-9-6-2-4-8-5-3-7-12(13,10(8)9)11(14)15/h2,4,6H,3,5,7H2,1H3,(H,14,15). The highest BCUT2D eigenvalue weighted by Gasteiger charge is 2.46. The molecular weight excluding hydrogens is 211 g/mol. The Morgan fingerprint density at radius 2 is 2.31 bits per heavy atom. The SMILES string of the molecule is COc1cccc2c1C(F)(C(=O)O)CCC2. The second kappa shape index (κ2) is 3.77. The summed E-state index contributed by atoms with van der Waals surface area (Å²) in [7, 11) is 1.42. The molecule has 0 radical (unpaired) electrons. The summed E-state index contributed by atoms with van der Waals surface area (Å²) in [5.41, 5.74) is -1.38. The number of hydrogen-bond donors (Lipinski definition) is 1. The van der Waals surface area contributed by atoms with Crippen molar-refractivity contribution in [2.45, 2.75) is 24.9 Å². The van der Waals surface area contributed by atoms with Gasteiger partial charge in [0.05, 0.1) is 7.11 Å². The molecule has 2 rings (SSSR count). The third kappa shape index (κ3) is 1.45. The first-order valence-corrected chi connectivity index (χ1v) is 5.18. The summed E-state index contributed by atoms with van der Waals surface area (Å²) in [4.78, 5) is 11.1. The zero-order valence-corrected chi connectivity index (χ0v) is 9.00. The quantitative estimate of drug-likeness (QED) is 0.838. The number of carbonyl (C=O) groups is 1. The summed E-state index contributed by atoms with van der Waals surface area (Å²) in [6.45, 7) is 0. The van der Waals surface area contributed by atoms with Gasteiger partial charge in [-0.25, -0.2) is 9.18 Å². The molecule has 1 aliphatic rings. The highest BCUT2D eigenvalue weighted by molar-refractivity contribution is 5.81. The van der Waals surface area contributed by atoms with Crippen LogP contribution in [-0.2, 0) is 16.9 Å². The second-order valence-electron chi connectivity index (χ2n) is 3.95. The fourth-order valence-corrected chi connectivity index (χ4v) is 2.27. The summed E-state index contributed by atoms with van der Waals surface area (Å²) in [5.74, 6) is -1.11. The molecular formula is C12H13FO3. The maximum Gasteiger partial charge on any atom is 0.346 e. The van der Waals surface area contributed by atoms with Crippen LogP contribution in [0.15, 0.2) is 18.2 Å². The molecule has 0 fully saturated rings. The van der Waals surface area contributed by atoms with Gasteiger partial charge in [0.25, 0.3) is 0 Å². The number of carboxylic acid groups (broad SMARTS) is 1. The van der Waals surface area contributed by atoms with Crippen molar-refractivity contribution < 1.29 is 19.0 Å². The Labute approximate surface area is 92.9 Å². The summed E-state index contributed by atoms with van der Waals surface area (Å²) in [6, 6.07) is 5.11. The summed E-state index contributed by atoms with van der Waals surface area (Å²) < 4.78 is 19.5. The topological polar surface area (TPSA) is 46.5 Å². The number of aliphatic carboxylic acids is 1. The van der Waals surface area contributed by atoms with Gasteiger partial charge in [-0.2, -0.15) is 0 Å². The van der Waals surface area contributed by atoms with Crippen LogP contribution in [0.4, 0.5) is 4.39 Å². The van der Waals surface area contributed by atoms with E-state index in [-0.39, 0.29) is 12.0 Å². The van der Waals surface area contributed by atoms with E-state index < -0.39 is 11.6 Å². The predicted octanol–water partition coefficient (Wildman–Crippen LogP) is 2.28. The highest BCUT2D eigenvalue weighted by atomic mass is 19.1. The normalized spacial score (nSPS) is 23.6. The van der Waals surface area contributed by atoms with E-state index in [0.29, 0.717) is 18.6 Å². The van der Waals surface area contributed by atoms with Crippen molar-refractivity contribution in [3.05, 3.63) is 29.3 Å². The first-order chi connectivity index (χ1) is 7.59. The molecule has 4 heteroatoms. The number of hydrogen-bond acceptors (Lipinski definition) is 2. The fraction of sp³-hybridized carbons (Fsp3) is 0.417. The maximum atomic E-state index is 14.5. The largest absolute Gasteiger partial charge is 0.496 e. The Hall–Kier alpha value is -1.58. The molecule has 1 N–H and O–H groups in total. The van der Waals surface area contributed by atoms with E-state index in [1.165, 1.54) is 7.11 Å². The Bertz CT molecular complexity index is 416. The van der Waals surface area contributed by atoms with Crippen molar-refractivity contribution in [3.8, 4) is 5.75 Å². The van der Waals surface area contributed by atoms with Gasteiger partial charge in [0, 0.05) is 5.56 Å². The van der Waals surface area contributed by atoms with Gasteiger partial charge in [-0.15, -0.1) is 0 Å². The number of benzene rings is 1. The van der Waals surface area contributed by atoms with Crippen LogP contribution in [0.5, 0.6) is 5.75 Å². The van der Waals surface area contributed by atoms with E-state index in [0.717, 1.165) is 5.56 Å². The molecule has 86 valence electrons. The molecule has 1 unspecified atom stereocenters. The van der Waals surface area contributed by atoms with E-state index in [1.54, 1.807) is 18.2 Å². The van der Waals surface area contributed by atoms with Crippen LogP contribution in [0.25, 0.3) is 0 Å². The molecule has 0 aromatic heterocycles. The van der Waals surface area contributed by atoms with Crippen molar-refractivity contribution >= 4 is 5.97 Å². The number of ether oxygens (including phenoxy) is 1. The third-order valence-electron chi connectivity index (χ3n) is 3.04. The zero-order chi connectivity index (χ0) is 11.8. The van der Waals surface area contributed by atoms with Crippen molar-refractivity contribution in [2.24, 2.45) is 0 Å². The molecule has 1 atom stereocenters. The molecule has 3 nitrogen and oxygen atoms in total. The molecule has 0 saturated carbocycles. The summed E-state index contributed by atoms with van der Waals surface area (Å²) in [5, 5.41) is 9.03. The van der Waals surface area contributed by atoms with Gasteiger partial charge in [-0.3, -0.25) is 0 Å². The Morgan fingerprint density at radius 1 is 1.56 bits per heavy atom. The minimum Gasteiger partial charge on any atom is -0.496 e. The van der Waals surface area contributed by atoms with Gasteiger partial charge in [0.2, 0.25) is 5.67 Å². The predicted molar refractivity (Wildman–Crippen MR) is 56.4 cm³/mol. The molecule has 1 aromatic rings.